The Kier molecular flexibility index (Phi) is 11.1. The van der Waals surface area contributed by atoms with Crippen LogP contribution in [-0.4, -0.2) is 47.6 Å². The summed E-state index contributed by atoms with van der Waals surface area (Å²) >= 11 is 13.0. The minimum Gasteiger partial charge on any atom is -1.00 e. The molecule has 268 valence electrons. The molecule has 13 heteroatoms. The van der Waals surface area contributed by atoms with Crippen LogP contribution in [-0.2, 0) is 34.4 Å². The second-order valence-corrected chi connectivity index (χ2v) is 14.5. The Morgan fingerprint density at radius 3 is 1.98 bits per heavy atom. The molecule has 0 aliphatic carbocycles. The standard InChI is InChI=1S/C36H36Cl2F6N2O.ClH.H2O/c1-2-46-15-13-32(14-16-46,25-7-4-3-5-8-25)22-34(46,21-24-17-27(35(39,40)41)19-28(18-24)36(42,43)44)33(12-6-9-31(47)45-23-33)26-10-11-29(37)30(38)20-26;;/h3-5,7-8,10-11,17-20H,2,6,9,12-16,21-23H2,1H3;1H;1H2. The van der Waals surface area contributed by atoms with Gasteiger partial charge in [0.25, 0.3) is 0 Å². The van der Waals surface area contributed by atoms with E-state index in [4.69, 9.17) is 23.2 Å². The van der Waals surface area contributed by atoms with Gasteiger partial charge in [-0.05, 0) is 66.8 Å². The quantitative estimate of drug-likeness (QED) is 0.255. The first-order chi connectivity index (χ1) is 22.1. The Balaban J connectivity index is 0.00000270. The van der Waals surface area contributed by atoms with Crippen LogP contribution in [0.2, 0.25) is 10.0 Å². The molecule has 7 rings (SSSR count). The van der Waals surface area contributed by atoms with Gasteiger partial charge >= 0.3 is 12.4 Å². The lowest BCUT2D eigenvalue weighted by molar-refractivity contribution is -0.996. The molecule has 3 N–H and O–H groups in total. The number of alkyl halides is 6. The third-order valence-electron chi connectivity index (χ3n) is 11.7. The first-order valence-electron chi connectivity index (χ1n) is 16.0. The summed E-state index contributed by atoms with van der Waals surface area (Å²) < 4.78 is 85.8. The van der Waals surface area contributed by atoms with Crippen LogP contribution in [0.15, 0.2) is 66.7 Å². The molecule has 49 heavy (non-hydrogen) atoms. The molecule has 4 aliphatic rings. The van der Waals surface area contributed by atoms with Crippen molar-refractivity contribution < 1.29 is 53.5 Å². The van der Waals surface area contributed by atoms with E-state index >= 15 is 0 Å². The van der Waals surface area contributed by atoms with Gasteiger partial charge in [-0.2, -0.15) is 26.3 Å². The topological polar surface area (TPSA) is 60.6 Å². The lowest BCUT2D eigenvalue weighted by atomic mass is 9.48. The third kappa shape index (κ3) is 6.68. The van der Waals surface area contributed by atoms with Gasteiger partial charge in [0.05, 0.1) is 46.2 Å². The van der Waals surface area contributed by atoms with Crippen molar-refractivity contribution in [3.05, 3.63) is 105 Å². The number of halogens is 9. The third-order valence-corrected chi connectivity index (χ3v) is 12.4. The largest absolute Gasteiger partial charge is 1.00 e. The summed E-state index contributed by atoms with van der Waals surface area (Å²) in [4.78, 5) is 13.0. The summed E-state index contributed by atoms with van der Waals surface area (Å²) in [5.41, 5.74) is -3.00. The normalized spacial score (nSPS) is 28.6. The van der Waals surface area contributed by atoms with E-state index in [1.54, 1.807) is 12.1 Å². The molecule has 4 saturated heterocycles. The lowest BCUT2D eigenvalue weighted by Gasteiger charge is -2.70. The van der Waals surface area contributed by atoms with E-state index in [0.717, 1.165) is 36.1 Å². The van der Waals surface area contributed by atoms with Gasteiger partial charge < -0.3 is 27.7 Å². The van der Waals surface area contributed by atoms with Crippen LogP contribution in [0.4, 0.5) is 26.3 Å². The minimum absolute atomic E-state index is 0. The predicted octanol–water partition coefficient (Wildman–Crippen LogP) is 5.70. The van der Waals surface area contributed by atoms with Crippen LogP contribution < -0.4 is 17.7 Å². The molecule has 1 amide bonds. The average molecular weight is 752 g/mol. The van der Waals surface area contributed by atoms with Crippen LogP contribution >= 0.6 is 23.2 Å². The van der Waals surface area contributed by atoms with Gasteiger partial charge in [-0.1, -0.05) is 59.6 Å². The maximum Gasteiger partial charge on any atom is 0.416 e. The number of likely N-dealkylation sites (N-methyl/N-ethyl adjacent to an activating group) is 1. The van der Waals surface area contributed by atoms with Crippen molar-refractivity contribution in [3.8, 4) is 0 Å². The molecule has 0 saturated carbocycles. The van der Waals surface area contributed by atoms with E-state index in [-0.39, 0.29) is 60.2 Å². The van der Waals surface area contributed by atoms with Crippen molar-refractivity contribution in [2.45, 2.75) is 80.6 Å². The molecule has 4 heterocycles. The molecule has 3 aromatic rings. The zero-order valence-electron chi connectivity index (χ0n) is 26.9. The van der Waals surface area contributed by atoms with Crippen LogP contribution in [0, 0.1) is 0 Å². The van der Waals surface area contributed by atoms with Crippen molar-refractivity contribution in [1.82, 2.24) is 5.32 Å². The van der Waals surface area contributed by atoms with Gasteiger partial charge in [0.2, 0.25) is 5.91 Å². The number of carbonyl (C=O) groups excluding carboxylic acids is 1. The Morgan fingerprint density at radius 2 is 1.43 bits per heavy atom. The molecule has 0 aromatic heterocycles. The van der Waals surface area contributed by atoms with Crippen LogP contribution in [0.5, 0.6) is 0 Å². The van der Waals surface area contributed by atoms with Gasteiger partial charge in [0, 0.05) is 44.1 Å². The molecule has 4 nitrogen and oxygen atoms in total. The number of rotatable bonds is 6. The zero-order valence-corrected chi connectivity index (χ0v) is 29.2. The van der Waals surface area contributed by atoms with Gasteiger partial charge in [-0.15, -0.1) is 0 Å². The summed E-state index contributed by atoms with van der Waals surface area (Å²) in [6.45, 7) is 4.22. The van der Waals surface area contributed by atoms with E-state index in [1.807, 2.05) is 24.3 Å². The SMILES string of the molecule is CC[N+]12CCC(c3ccccc3)(CC1)CC2(Cc1cc(C(F)(F)F)cc(C(F)(F)F)c1)C1(c2ccc(Cl)c(Cl)c2)CCCC(=O)NC1.O.[Cl-]. The van der Waals surface area contributed by atoms with Gasteiger partial charge in [0.15, 0.2) is 0 Å². The van der Waals surface area contributed by atoms with Crippen LogP contribution in [0.25, 0.3) is 0 Å². The van der Waals surface area contributed by atoms with Crippen molar-refractivity contribution in [3.63, 3.8) is 0 Å². The predicted molar refractivity (Wildman–Crippen MR) is 174 cm³/mol. The number of quaternary nitrogens is 1. The van der Waals surface area contributed by atoms with Crippen molar-refractivity contribution in [2.24, 2.45) is 0 Å². The Morgan fingerprint density at radius 1 is 0.816 bits per heavy atom. The molecular formula is C36H39Cl3F6N2O2. The fourth-order valence-corrected chi connectivity index (χ4v) is 9.69. The van der Waals surface area contributed by atoms with Crippen LogP contribution in [0.1, 0.15) is 73.3 Å². The van der Waals surface area contributed by atoms with Gasteiger partial charge in [0.1, 0.15) is 5.54 Å². The number of carbonyl (C=O) groups is 1. The second-order valence-electron chi connectivity index (χ2n) is 13.7. The first-order valence-corrected chi connectivity index (χ1v) is 16.8. The maximum atomic E-state index is 14.2. The summed E-state index contributed by atoms with van der Waals surface area (Å²) in [7, 11) is 0. The summed E-state index contributed by atoms with van der Waals surface area (Å²) in [6.07, 6.45) is -6.61. The summed E-state index contributed by atoms with van der Waals surface area (Å²) in [6, 6.07) is 17.3. The maximum absolute atomic E-state index is 14.2. The molecule has 2 unspecified atom stereocenters. The molecule has 4 fully saturated rings. The molecule has 2 atom stereocenters. The molecule has 0 radical (unpaired) electrons. The van der Waals surface area contributed by atoms with Crippen molar-refractivity contribution in [1.29, 1.82) is 0 Å². The average Bonchev–Trinajstić information content (AvgIpc) is 3.24. The highest BCUT2D eigenvalue weighted by Gasteiger charge is 2.71. The highest BCUT2D eigenvalue weighted by Crippen LogP contribution is 2.62. The number of hydrogen-bond donors (Lipinski definition) is 1. The number of fused-ring (bicyclic) bond motifs is 3. The molecule has 2 bridgehead atoms. The van der Waals surface area contributed by atoms with E-state index in [1.165, 1.54) is 0 Å². The zero-order chi connectivity index (χ0) is 33.9. The van der Waals surface area contributed by atoms with E-state index in [0.29, 0.717) is 53.4 Å². The molecule has 0 spiro atoms. The second kappa shape index (κ2) is 13.9. The first kappa shape index (κ1) is 39.3. The van der Waals surface area contributed by atoms with E-state index in [9.17, 15) is 31.1 Å². The monoisotopic (exact) mass is 750 g/mol. The van der Waals surface area contributed by atoms with Gasteiger partial charge in [-0.25, -0.2) is 0 Å². The Hall–Kier alpha value is -2.50. The highest BCUT2D eigenvalue weighted by molar-refractivity contribution is 6.42. The van der Waals surface area contributed by atoms with E-state index in [2.05, 4.69) is 24.4 Å². The van der Waals surface area contributed by atoms with Crippen LogP contribution in [0.3, 0.4) is 0 Å². The van der Waals surface area contributed by atoms with Crippen molar-refractivity contribution in [2.75, 3.05) is 26.2 Å². The van der Waals surface area contributed by atoms with Gasteiger partial charge in [-0.3, -0.25) is 4.79 Å². The fraction of sp³-hybridized carbons (Fsp3) is 0.472. The Bertz CT molecular complexity index is 1630. The summed E-state index contributed by atoms with van der Waals surface area (Å²) in [5.74, 6) is -0.141. The number of nitrogens with one attached hydrogen (secondary N) is 1. The fourth-order valence-electron chi connectivity index (χ4n) is 9.39. The Labute approximate surface area is 298 Å². The summed E-state index contributed by atoms with van der Waals surface area (Å²) in [5, 5.41) is 3.74. The number of piperidine rings is 3. The number of nitrogens with zero attached hydrogens (tertiary/aromatic N) is 1. The highest BCUT2D eigenvalue weighted by atomic mass is 35.5. The molecule has 3 aromatic carbocycles. The van der Waals surface area contributed by atoms with E-state index < -0.39 is 34.4 Å². The lowest BCUT2D eigenvalue weighted by Crippen LogP contribution is -3.00. The number of amides is 1. The molecule has 4 aliphatic heterocycles. The minimum atomic E-state index is -4.98. The molecular weight excluding hydrogens is 713 g/mol. The number of hydrogen-bond acceptors (Lipinski definition) is 1. The number of benzene rings is 3. The smallest absolute Gasteiger partial charge is 0.416 e. The van der Waals surface area contributed by atoms with Crippen molar-refractivity contribution >= 4 is 29.1 Å².